The molecule has 0 bridgehead atoms. The molecule has 5 saturated heterocycles. The second-order valence-electron chi connectivity index (χ2n) is 29.0. The first-order valence-corrected chi connectivity index (χ1v) is 40.5. The third kappa shape index (κ3) is 23.8. The van der Waals surface area contributed by atoms with Crippen LogP contribution in [0.5, 0.6) is 0 Å². The lowest BCUT2D eigenvalue weighted by Crippen LogP contribution is -2.52. The molecule has 5 aliphatic rings. The van der Waals surface area contributed by atoms with Gasteiger partial charge in [0.15, 0.2) is 32.9 Å². The summed E-state index contributed by atoms with van der Waals surface area (Å²) in [7, 11) is 0. The third-order valence-corrected chi connectivity index (χ3v) is 22.7. The fraction of sp³-hybridized carbons (Fsp3) is 0.400. The van der Waals surface area contributed by atoms with Crippen LogP contribution in [0.4, 0.5) is 62.2 Å². The minimum atomic E-state index is -0.899. The maximum absolute atomic E-state index is 13.8. The average molecular weight is 1600 g/mol. The molecular formula is C80H121ClFN23O3S3. The van der Waals surface area contributed by atoms with Crippen molar-refractivity contribution in [1.29, 1.82) is 0 Å². The standard InChI is InChI=1S/C28H38N8OS.C27H38N8OS.C25H25ClFN7OS.10H2/c1-5-26(37)29-20-7-9-22(10-8-20)38-27-31-23(30-24-17-19(2)33-34-24)18-25(32-27)35-15-11-21(12-16-35)36-14-6-13-28(36,3)4;1-4-25(36)30-20-7-9-21(10-8-20)37-26-32-23(31-22(29)17-19(2)28)18-24(33-26)34-15-11-27(3,12-16-34)35-13-5-6-14-35;1-15(28)12-21(29)31-22-13-23(34-11-10-16(27)14-34)33-25(32-22)36-18-8-6-17(7-9-18)30-24(35)19-4-2-3-5-20(19)26;;;;;;;;;;/h7-10,17-18,21H,5-6,11-16H2,1-4H3,(H,29,37)(H2,30,31,32,33,34);7-10,17-18H,4-6,11-16,28H2,1-3H3,(H,30,36)(H2,29,31,32,33);2-9,12-13,16H,10-11,14,28H2,1H3,(H,30,35)(H2,29,31,32,33);10*1H/t;;16-;;;;;;;;;;/m..0........../s1. The lowest BCUT2D eigenvalue weighted by molar-refractivity contribution is -0.116. The number of aryl methyl sites for hydroxylation is 1. The highest BCUT2D eigenvalue weighted by atomic mass is 35.5. The lowest BCUT2D eigenvalue weighted by Gasteiger charge is -2.45. The van der Waals surface area contributed by atoms with Crippen LogP contribution in [0.15, 0.2) is 185 Å². The highest BCUT2D eigenvalue weighted by Gasteiger charge is 2.39. The van der Waals surface area contributed by atoms with Crippen molar-refractivity contribution in [2.45, 2.75) is 179 Å². The molecule has 606 valence electrons. The van der Waals surface area contributed by atoms with Crippen LogP contribution in [0.1, 0.15) is 149 Å². The monoisotopic (exact) mass is 1600 g/mol. The summed E-state index contributed by atoms with van der Waals surface area (Å²) >= 11 is 10.4. The SMILES string of the molecule is CC(N)=CC(N)=Nc1cc(N2CC[C@H](F)C2)nc(Sc2ccc(NC(=O)c3ccccc3Cl)cc2)n1.CCC(=O)Nc1ccc(Sc2nc(N=C(N)C=C(C)N)cc(N3CCC(C)(N4CCCC4)CC3)n2)cc1.CCC(=O)Nc1ccc(Sc2nc(Nc3cc(C)[nH]n3)cc(N3CCC(N4CCCC4(C)C)CC3)n2)cc1.[HH].[HH].[HH].[HH].[HH].[HH].[HH].[HH].[HH].[HH]. The van der Waals surface area contributed by atoms with E-state index in [1.807, 2.05) is 105 Å². The van der Waals surface area contributed by atoms with Crippen molar-refractivity contribution in [3.05, 3.63) is 161 Å². The number of nitrogens with one attached hydrogen (secondary N) is 5. The fourth-order valence-corrected chi connectivity index (χ4v) is 16.3. The van der Waals surface area contributed by atoms with Gasteiger partial charge < -0.3 is 58.9 Å². The number of amidine groups is 2. The fourth-order valence-electron chi connectivity index (χ4n) is 13.8. The predicted molar refractivity (Wildman–Crippen MR) is 469 cm³/mol. The molecule has 0 unspecified atom stereocenters. The van der Waals surface area contributed by atoms with E-state index < -0.39 is 6.17 Å². The number of nitrogens with zero attached hydrogens (tertiary/aromatic N) is 14. The van der Waals surface area contributed by atoms with Gasteiger partial charge in [-0.05, 0) is 251 Å². The number of amides is 3. The number of halogens is 2. The van der Waals surface area contributed by atoms with Crippen LogP contribution >= 0.6 is 46.9 Å². The first-order chi connectivity index (χ1) is 53.3. The maximum atomic E-state index is 13.8. The van der Waals surface area contributed by atoms with Gasteiger partial charge in [0.25, 0.3) is 5.91 Å². The van der Waals surface area contributed by atoms with Crippen LogP contribution in [0.3, 0.4) is 0 Å². The Hall–Kier alpha value is -9.85. The molecule has 26 nitrogen and oxygen atoms in total. The van der Waals surface area contributed by atoms with Crippen molar-refractivity contribution in [2.24, 2.45) is 32.9 Å². The van der Waals surface area contributed by atoms with Gasteiger partial charge in [-0.1, -0.05) is 37.6 Å². The first-order valence-electron chi connectivity index (χ1n) is 37.7. The molecule has 9 heterocycles. The van der Waals surface area contributed by atoms with Crippen LogP contribution in [0.25, 0.3) is 0 Å². The highest BCUT2D eigenvalue weighted by molar-refractivity contribution is 7.99. The molecular weight excluding hydrogens is 1480 g/mol. The quantitative estimate of drug-likeness (QED) is 0.0163. The van der Waals surface area contributed by atoms with Gasteiger partial charge in [0.05, 0.1) is 17.1 Å². The molecule has 5 aliphatic heterocycles. The van der Waals surface area contributed by atoms with Crippen LogP contribution in [0.2, 0.25) is 5.02 Å². The van der Waals surface area contributed by atoms with Crippen LogP contribution in [-0.2, 0) is 9.59 Å². The number of piperidine rings is 2. The van der Waals surface area contributed by atoms with E-state index in [4.69, 9.17) is 49.5 Å². The van der Waals surface area contributed by atoms with Crippen molar-refractivity contribution in [3.63, 3.8) is 0 Å². The number of carbonyl (C=O) groups excluding carboxylic acids is 3. The summed E-state index contributed by atoms with van der Waals surface area (Å²) < 4.78 is 13.8. The number of H-pyrrole nitrogens is 1. The number of benzene rings is 4. The van der Waals surface area contributed by atoms with Gasteiger partial charge >= 0.3 is 0 Å². The zero-order valence-corrected chi connectivity index (χ0v) is 67.5. The summed E-state index contributed by atoms with van der Waals surface area (Å²) in [6.45, 7) is 24.6. The van der Waals surface area contributed by atoms with Crippen molar-refractivity contribution >= 4 is 134 Å². The predicted octanol–water partition coefficient (Wildman–Crippen LogP) is 17.3. The number of aromatic amines is 1. The van der Waals surface area contributed by atoms with E-state index in [1.54, 1.807) is 62.4 Å². The van der Waals surface area contributed by atoms with Crippen LogP contribution < -0.4 is 58.9 Å². The zero-order chi connectivity index (χ0) is 78.8. The second kappa shape index (κ2) is 38.4. The zero-order valence-electron chi connectivity index (χ0n) is 64.3. The molecule has 13 rings (SSSR count). The summed E-state index contributed by atoms with van der Waals surface area (Å²) in [5.74, 6) is 4.88. The highest BCUT2D eigenvalue weighted by Crippen LogP contribution is 2.39. The topological polar surface area (TPSA) is 350 Å². The molecule has 0 radical (unpaired) electrons. The van der Waals surface area contributed by atoms with E-state index in [0.717, 1.165) is 107 Å². The molecule has 31 heteroatoms. The normalized spacial score (nSPS) is 17.7. The Bertz CT molecular complexity index is 4680. The smallest absolute Gasteiger partial charge is 0.257 e. The van der Waals surface area contributed by atoms with Crippen molar-refractivity contribution in [2.75, 3.05) is 94.9 Å². The summed E-state index contributed by atoms with van der Waals surface area (Å²) in [5, 5.41) is 21.3. The minimum absolute atomic E-state index is 0. The summed E-state index contributed by atoms with van der Waals surface area (Å²) in [6, 6.07) is 37.8. The number of aliphatic imine (C=N–C) groups is 2. The number of hydrogen-bond donors (Lipinski definition) is 9. The number of allylic oxidation sites excluding steroid dienone is 2. The van der Waals surface area contributed by atoms with Gasteiger partial charge in [0.2, 0.25) is 11.8 Å². The Morgan fingerprint density at radius 2 is 1.06 bits per heavy atom. The number of nitrogens with two attached hydrogens (primary N) is 4. The van der Waals surface area contributed by atoms with Crippen LogP contribution in [0, 0.1) is 6.92 Å². The number of likely N-dealkylation sites (tertiary alicyclic amines) is 2. The van der Waals surface area contributed by atoms with Crippen LogP contribution in [-0.4, -0.2) is 161 Å². The maximum Gasteiger partial charge on any atom is 0.257 e. The van der Waals surface area contributed by atoms with E-state index in [-0.39, 0.29) is 49.9 Å². The van der Waals surface area contributed by atoms with Gasteiger partial charge in [-0.15, -0.1) is 0 Å². The Morgan fingerprint density at radius 1 is 0.586 bits per heavy atom. The number of anilines is 8. The van der Waals surface area contributed by atoms with E-state index in [9.17, 15) is 18.8 Å². The third-order valence-electron chi connectivity index (χ3n) is 19.7. The Kier molecular flexibility index (Phi) is 28.4. The number of aromatic nitrogens is 8. The molecule has 111 heavy (non-hydrogen) atoms. The van der Waals surface area contributed by atoms with Crippen molar-refractivity contribution < 1.29 is 33.0 Å². The molecule has 1 atom stereocenters. The molecule has 8 aromatic rings. The largest absolute Gasteiger partial charge is 0.402 e. The summed E-state index contributed by atoms with van der Waals surface area (Å²) in [4.78, 5) is 87.9. The van der Waals surface area contributed by atoms with Gasteiger partial charge in [-0.2, -0.15) is 5.10 Å². The summed E-state index contributed by atoms with van der Waals surface area (Å²) in [6.07, 6.45) is 13.3. The molecule has 3 amide bonds. The lowest BCUT2D eigenvalue weighted by atomic mass is 9.88. The van der Waals surface area contributed by atoms with Gasteiger partial charge in [0, 0.05) is 150 Å². The molecule has 0 saturated carbocycles. The molecule has 5 fully saturated rings. The van der Waals surface area contributed by atoms with E-state index in [1.165, 1.54) is 86.7 Å². The molecule has 4 aromatic carbocycles. The number of rotatable bonds is 23. The van der Waals surface area contributed by atoms with E-state index >= 15 is 0 Å². The molecule has 13 N–H and O–H groups in total. The van der Waals surface area contributed by atoms with Gasteiger partial charge in [0.1, 0.15) is 41.1 Å². The Morgan fingerprint density at radius 3 is 1.52 bits per heavy atom. The van der Waals surface area contributed by atoms with Gasteiger partial charge in [-0.25, -0.2) is 44.3 Å². The Labute approximate surface area is 681 Å². The molecule has 0 spiro atoms. The Balaban J connectivity index is 0.000000872. The number of carbonyl (C=O) groups is 3. The number of alkyl halides is 1. The summed E-state index contributed by atoms with van der Waals surface area (Å²) in [5.41, 5.74) is 28.7. The van der Waals surface area contributed by atoms with E-state index in [0.29, 0.717) is 104 Å². The molecule has 0 aliphatic carbocycles. The van der Waals surface area contributed by atoms with Gasteiger partial charge in [-0.3, -0.25) is 29.3 Å². The second-order valence-corrected chi connectivity index (χ2v) is 32.5. The van der Waals surface area contributed by atoms with Crippen molar-refractivity contribution in [3.8, 4) is 0 Å². The number of hydrogen-bond acceptors (Lipinski definition) is 23. The molecule has 4 aromatic heterocycles. The van der Waals surface area contributed by atoms with E-state index in [2.05, 4.69) is 96.8 Å². The first kappa shape index (κ1) is 82.1. The minimum Gasteiger partial charge on any atom is -0.402 e. The average Bonchev–Trinajstić information content (AvgIpc) is 1.70. The van der Waals surface area contributed by atoms with Crippen molar-refractivity contribution in [1.82, 2.24) is 49.9 Å².